The van der Waals surface area contributed by atoms with Gasteiger partial charge in [0.15, 0.2) is 0 Å². The van der Waals surface area contributed by atoms with Gasteiger partial charge in [-0.05, 0) is 103 Å². The van der Waals surface area contributed by atoms with E-state index in [0.29, 0.717) is 36.1 Å². The number of halogens is 1. The van der Waals surface area contributed by atoms with Crippen molar-refractivity contribution >= 4 is 17.5 Å². The molecule has 2 saturated carbocycles. The van der Waals surface area contributed by atoms with E-state index in [-0.39, 0.29) is 5.91 Å². The van der Waals surface area contributed by atoms with Gasteiger partial charge < -0.3 is 10.1 Å². The van der Waals surface area contributed by atoms with Crippen LogP contribution in [0.3, 0.4) is 0 Å². The molecule has 0 spiro atoms. The second kappa shape index (κ2) is 10.4. The lowest BCUT2D eigenvalue weighted by molar-refractivity contribution is -0.123. The van der Waals surface area contributed by atoms with Crippen LogP contribution in [0.25, 0.3) is 0 Å². The molecule has 0 aliphatic heterocycles. The zero-order valence-electron chi connectivity index (χ0n) is 20.4. The third-order valence-corrected chi connectivity index (χ3v) is 9.28. The van der Waals surface area contributed by atoms with Crippen LogP contribution in [0.4, 0.5) is 0 Å². The quantitative estimate of drug-likeness (QED) is 0.331. The van der Waals surface area contributed by atoms with Gasteiger partial charge in [-0.1, -0.05) is 33.3 Å². The molecule has 4 heteroatoms. The molecule has 1 aromatic rings. The number of alkyl halides is 1. The largest absolute Gasteiger partial charge is 0.493 e. The second-order valence-corrected chi connectivity index (χ2v) is 11.1. The van der Waals surface area contributed by atoms with Gasteiger partial charge in [0.25, 0.3) is 0 Å². The highest BCUT2D eigenvalue weighted by Crippen LogP contribution is 2.63. The van der Waals surface area contributed by atoms with Gasteiger partial charge in [0.2, 0.25) is 5.91 Å². The van der Waals surface area contributed by atoms with Gasteiger partial charge in [-0.25, -0.2) is 0 Å². The van der Waals surface area contributed by atoms with Gasteiger partial charge in [-0.2, -0.15) is 0 Å². The Balaban J connectivity index is 1.51. The minimum absolute atomic E-state index is 0.192. The summed E-state index contributed by atoms with van der Waals surface area (Å²) in [6.07, 6.45) is 11.5. The van der Waals surface area contributed by atoms with E-state index in [9.17, 15) is 4.79 Å². The molecule has 5 atom stereocenters. The van der Waals surface area contributed by atoms with Gasteiger partial charge in [-0.15, -0.1) is 11.6 Å². The Morgan fingerprint density at radius 2 is 2.06 bits per heavy atom. The number of fused-ring (bicyclic) bond motifs is 5. The van der Waals surface area contributed by atoms with Crippen molar-refractivity contribution in [1.82, 2.24) is 5.32 Å². The highest BCUT2D eigenvalue weighted by Gasteiger charge is 2.54. The van der Waals surface area contributed by atoms with E-state index in [2.05, 4.69) is 38.2 Å². The molecule has 0 radical (unpaired) electrons. The summed E-state index contributed by atoms with van der Waals surface area (Å²) in [5.41, 5.74) is 4.85. The minimum atomic E-state index is 0.192. The smallest absolute Gasteiger partial charge is 0.220 e. The lowest BCUT2D eigenvalue weighted by atomic mass is 9.54. The van der Waals surface area contributed by atoms with Crippen molar-refractivity contribution in [2.24, 2.45) is 23.2 Å². The van der Waals surface area contributed by atoms with Crippen molar-refractivity contribution in [2.75, 3.05) is 19.0 Å². The van der Waals surface area contributed by atoms with Crippen LogP contribution in [0, 0.1) is 23.2 Å². The van der Waals surface area contributed by atoms with Gasteiger partial charge in [0.05, 0.1) is 6.61 Å². The topological polar surface area (TPSA) is 38.3 Å². The molecule has 3 aliphatic rings. The number of ether oxygens (including phenoxy) is 1. The molecule has 3 unspecified atom stereocenters. The number of nitrogens with one attached hydrogen (secondary N) is 1. The first-order valence-electron chi connectivity index (χ1n) is 13.1. The third-order valence-electron chi connectivity index (χ3n) is 9.09. The number of hydrogen-bond donors (Lipinski definition) is 1. The number of unbranched alkanes of at least 4 members (excludes halogenated alkanes) is 1. The maximum atomic E-state index is 12.4. The standard InChI is InChI=1S/C28H42ClNO2/c1-4-6-15-32-26-17-20-7-9-23-22(24(20)16-19(26)5-2)11-12-28(3)21(8-10-25(23)28)18-27(31)30-14-13-29/h16-17,21-23,25H,4-15,18H2,1-3H3,(H,30,31)/t21-,22?,23?,25?,28-/m1/s1. The first-order valence-corrected chi connectivity index (χ1v) is 13.7. The van der Waals surface area contributed by atoms with E-state index in [1.807, 2.05) is 0 Å². The van der Waals surface area contributed by atoms with Crippen LogP contribution in [0.15, 0.2) is 12.1 Å². The van der Waals surface area contributed by atoms with E-state index >= 15 is 0 Å². The van der Waals surface area contributed by atoms with Crippen LogP contribution in [0.5, 0.6) is 5.75 Å². The summed E-state index contributed by atoms with van der Waals surface area (Å²) >= 11 is 5.76. The Morgan fingerprint density at radius 1 is 1.22 bits per heavy atom. The average molecular weight is 460 g/mol. The number of carbonyl (C=O) groups is 1. The number of carbonyl (C=O) groups excluding carboxylic acids is 1. The summed E-state index contributed by atoms with van der Waals surface area (Å²) in [4.78, 5) is 12.4. The molecular formula is C28H42ClNO2. The first-order chi connectivity index (χ1) is 15.5. The van der Waals surface area contributed by atoms with Crippen LogP contribution >= 0.6 is 11.6 Å². The summed E-state index contributed by atoms with van der Waals surface area (Å²) in [7, 11) is 0. The average Bonchev–Trinajstić information content (AvgIpc) is 3.13. The lowest BCUT2D eigenvalue weighted by Crippen LogP contribution is -2.43. The van der Waals surface area contributed by atoms with Crippen molar-refractivity contribution in [3.8, 4) is 5.75 Å². The van der Waals surface area contributed by atoms with Gasteiger partial charge in [0.1, 0.15) is 5.75 Å². The van der Waals surface area contributed by atoms with Gasteiger partial charge in [0, 0.05) is 18.8 Å². The summed E-state index contributed by atoms with van der Waals surface area (Å²) in [6, 6.07) is 4.88. The van der Waals surface area contributed by atoms with Crippen molar-refractivity contribution in [3.05, 3.63) is 28.8 Å². The van der Waals surface area contributed by atoms with Crippen molar-refractivity contribution < 1.29 is 9.53 Å². The lowest BCUT2D eigenvalue weighted by Gasteiger charge is -2.51. The van der Waals surface area contributed by atoms with E-state index in [1.54, 1.807) is 5.56 Å². The Labute approximate surface area is 200 Å². The molecule has 3 nitrogen and oxygen atoms in total. The monoisotopic (exact) mass is 459 g/mol. The Bertz CT molecular complexity index is 809. The highest BCUT2D eigenvalue weighted by molar-refractivity contribution is 6.18. The van der Waals surface area contributed by atoms with Crippen LogP contribution < -0.4 is 10.1 Å². The summed E-state index contributed by atoms with van der Waals surface area (Å²) in [6.45, 7) is 8.38. The number of benzene rings is 1. The number of aryl methyl sites for hydroxylation is 2. The predicted octanol–water partition coefficient (Wildman–Crippen LogP) is 6.65. The van der Waals surface area contributed by atoms with Crippen LogP contribution in [0.1, 0.15) is 94.7 Å². The van der Waals surface area contributed by atoms with E-state index < -0.39 is 0 Å². The Hall–Kier alpha value is -1.22. The highest BCUT2D eigenvalue weighted by atomic mass is 35.5. The summed E-state index contributed by atoms with van der Waals surface area (Å²) < 4.78 is 6.19. The fraction of sp³-hybridized carbons (Fsp3) is 0.750. The molecule has 178 valence electrons. The van der Waals surface area contributed by atoms with Crippen molar-refractivity contribution in [1.29, 1.82) is 0 Å². The Kier molecular flexibility index (Phi) is 7.75. The number of rotatable bonds is 9. The second-order valence-electron chi connectivity index (χ2n) is 10.7. The fourth-order valence-electron chi connectivity index (χ4n) is 7.31. The van der Waals surface area contributed by atoms with Gasteiger partial charge >= 0.3 is 0 Å². The molecule has 3 aliphatic carbocycles. The van der Waals surface area contributed by atoms with Gasteiger partial charge in [-0.3, -0.25) is 4.79 Å². The molecule has 2 fully saturated rings. The molecular weight excluding hydrogens is 418 g/mol. The van der Waals surface area contributed by atoms with Crippen LogP contribution in [-0.4, -0.2) is 24.9 Å². The number of amides is 1. The minimum Gasteiger partial charge on any atom is -0.493 e. The van der Waals surface area contributed by atoms with Crippen LogP contribution in [0.2, 0.25) is 0 Å². The molecule has 1 amide bonds. The normalized spacial score (nSPS) is 30.9. The molecule has 1 aromatic carbocycles. The maximum Gasteiger partial charge on any atom is 0.220 e. The third kappa shape index (κ3) is 4.56. The van der Waals surface area contributed by atoms with Crippen LogP contribution in [-0.2, 0) is 17.6 Å². The van der Waals surface area contributed by atoms with E-state index in [4.69, 9.17) is 16.3 Å². The van der Waals surface area contributed by atoms with E-state index in [1.165, 1.54) is 56.1 Å². The predicted molar refractivity (Wildman–Crippen MR) is 133 cm³/mol. The summed E-state index contributed by atoms with van der Waals surface area (Å²) in [5.74, 6) is 4.55. The SMILES string of the molecule is CCCCOc1cc2c(cc1CC)C1CC[C@@]3(C)C(CC[C@@H]3CC(=O)NCCCl)C1CC2. The zero-order chi connectivity index (χ0) is 22.7. The van der Waals surface area contributed by atoms with Crippen molar-refractivity contribution in [2.45, 2.75) is 90.9 Å². The molecule has 0 aromatic heterocycles. The maximum absolute atomic E-state index is 12.4. The molecule has 4 rings (SSSR count). The number of hydrogen-bond acceptors (Lipinski definition) is 2. The van der Waals surface area contributed by atoms with E-state index in [0.717, 1.165) is 37.0 Å². The molecule has 0 saturated heterocycles. The molecule has 32 heavy (non-hydrogen) atoms. The summed E-state index contributed by atoms with van der Waals surface area (Å²) in [5, 5.41) is 2.99. The fourth-order valence-corrected chi connectivity index (χ4v) is 7.40. The molecule has 0 heterocycles. The first kappa shape index (κ1) is 23.9. The zero-order valence-corrected chi connectivity index (χ0v) is 21.1. The molecule has 0 bridgehead atoms. The molecule has 1 N–H and O–H groups in total. The Morgan fingerprint density at radius 3 is 2.81 bits per heavy atom. The van der Waals surface area contributed by atoms with Crippen molar-refractivity contribution in [3.63, 3.8) is 0 Å².